The summed E-state index contributed by atoms with van der Waals surface area (Å²) in [5.74, 6) is 0. The highest BCUT2D eigenvalue weighted by molar-refractivity contribution is 5.77. The molecule has 0 amide bonds. The number of rotatable bonds is 10. The summed E-state index contributed by atoms with van der Waals surface area (Å²) in [5.41, 5.74) is 2.55. The van der Waals surface area contributed by atoms with E-state index in [0.29, 0.717) is 5.58 Å². The summed E-state index contributed by atoms with van der Waals surface area (Å²) in [7, 11) is 0. The van der Waals surface area contributed by atoms with Crippen LogP contribution in [0.3, 0.4) is 0 Å². The van der Waals surface area contributed by atoms with Crippen LogP contribution in [0.4, 0.5) is 0 Å². The lowest BCUT2D eigenvalue weighted by atomic mass is 10.0. The second-order valence-electron chi connectivity index (χ2n) is 6.68. The van der Waals surface area contributed by atoms with Crippen molar-refractivity contribution in [1.29, 1.82) is 0 Å². The van der Waals surface area contributed by atoms with Gasteiger partial charge < -0.3 is 4.42 Å². The predicted octanol–water partition coefficient (Wildman–Crippen LogP) is 6.17. The zero-order valence-electron chi connectivity index (χ0n) is 14.7. The van der Waals surface area contributed by atoms with Crippen LogP contribution in [0.25, 0.3) is 11.0 Å². The van der Waals surface area contributed by atoms with E-state index < -0.39 is 0 Å². The van der Waals surface area contributed by atoms with E-state index >= 15 is 0 Å². The van der Waals surface area contributed by atoms with Crippen molar-refractivity contribution < 1.29 is 4.42 Å². The number of hydrogen-bond acceptors (Lipinski definition) is 2. The Labute approximate surface area is 139 Å². The molecule has 1 heterocycles. The third-order valence-corrected chi connectivity index (χ3v) is 4.51. The zero-order chi connectivity index (χ0) is 16.5. The molecule has 0 spiro atoms. The molecule has 2 heteroatoms. The van der Waals surface area contributed by atoms with Crippen molar-refractivity contribution in [3.63, 3.8) is 0 Å². The Morgan fingerprint density at radius 2 is 1.52 bits per heavy atom. The highest BCUT2D eigenvalue weighted by atomic mass is 16.4. The number of aryl methyl sites for hydroxylation is 2. The maximum Gasteiger partial charge on any atom is 0.339 e. The average Bonchev–Trinajstić information content (AvgIpc) is 2.54. The van der Waals surface area contributed by atoms with Crippen LogP contribution in [0.5, 0.6) is 0 Å². The minimum atomic E-state index is -0.166. The fourth-order valence-electron chi connectivity index (χ4n) is 3.09. The molecule has 0 saturated carbocycles. The number of benzene rings is 1. The molecule has 0 radical (unpaired) electrons. The molecule has 2 aromatic rings. The van der Waals surface area contributed by atoms with Crippen LogP contribution in [0.2, 0.25) is 0 Å². The second-order valence-corrected chi connectivity index (χ2v) is 6.68. The molecule has 0 unspecified atom stereocenters. The Hall–Kier alpha value is -1.57. The quantitative estimate of drug-likeness (QED) is 0.387. The topological polar surface area (TPSA) is 30.2 Å². The van der Waals surface area contributed by atoms with Gasteiger partial charge in [-0.1, -0.05) is 69.9 Å². The maximum absolute atomic E-state index is 12.0. The van der Waals surface area contributed by atoms with Gasteiger partial charge in [0, 0.05) is 10.9 Å². The van der Waals surface area contributed by atoms with Gasteiger partial charge in [0.05, 0.1) is 0 Å². The van der Waals surface area contributed by atoms with E-state index in [1.54, 1.807) is 0 Å². The van der Waals surface area contributed by atoms with E-state index in [4.69, 9.17) is 4.42 Å². The van der Waals surface area contributed by atoms with Gasteiger partial charge in [0.15, 0.2) is 0 Å². The fraction of sp³-hybridized carbons (Fsp3) is 0.571. The van der Waals surface area contributed by atoms with Crippen LogP contribution in [0, 0.1) is 6.92 Å². The zero-order valence-corrected chi connectivity index (χ0v) is 14.7. The van der Waals surface area contributed by atoms with Gasteiger partial charge in [-0.2, -0.15) is 0 Å². The largest absolute Gasteiger partial charge is 0.423 e. The predicted molar refractivity (Wildman–Crippen MR) is 98.2 cm³/mol. The molecule has 0 aliphatic heterocycles. The molecule has 0 fully saturated rings. The Morgan fingerprint density at radius 1 is 0.870 bits per heavy atom. The molecular weight excluding hydrogens is 284 g/mol. The second kappa shape index (κ2) is 9.54. The summed E-state index contributed by atoms with van der Waals surface area (Å²) < 4.78 is 5.43. The molecule has 0 saturated heterocycles. The van der Waals surface area contributed by atoms with Gasteiger partial charge in [-0.15, -0.1) is 0 Å². The Morgan fingerprint density at radius 3 is 2.22 bits per heavy atom. The van der Waals surface area contributed by atoms with Gasteiger partial charge in [0.1, 0.15) is 5.58 Å². The van der Waals surface area contributed by atoms with Crippen LogP contribution in [0.1, 0.15) is 75.8 Å². The molecular formula is C21H30O2. The third-order valence-electron chi connectivity index (χ3n) is 4.51. The lowest BCUT2D eigenvalue weighted by molar-refractivity contribution is 0.538. The first-order valence-electron chi connectivity index (χ1n) is 9.24. The molecule has 126 valence electrons. The molecule has 0 N–H and O–H groups in total. The van der Waals surface area contributed by atoms with Crippen molar-refractivity contribution in [1.82, 2.24) is 0 Å². The molecule has 0 aliphatic carbocycles. The normalized spacial score (nSPS) is 11.2. The summed E-state index contributed by atoms with van der Waals surface area (Å²) in [6.07, 6.45) is 12.5. The molecule has 0 atom stereocenters. The standard InChI is InChI=1S/C21H30O2/c1-3-4-5-6-7-8-9-10-11-12-18-16-19-15-17(2)13-14-20(19)23-21(18)22/h13-16H,3-12H2,1-2H3. The fourth-order valence-corrected chi connectivity index (χ4v) is 3.09. The van der Waals surface area contributed by atoms with Crippen molar-refractivity contribution in [3.05, 3.63) is 45.8 Å². The monoisotopic (exact) mass is 314 g/mol. The van der Waals surface area contributed by atoms with Crippen molar-refractivity contribution in [3.8, 4) is 0 Å². The first kappa shape index (κ1) is 17.8. The van der Waals surface area contributed by atoms with Crippen LogP contribution in [0.15, 0.2) is 33.5 Å². The van der Waals surface area contributed by atoms with Gasteiger partial charge in [-0.25, -0.2) is 4.79 Å². The first-order valence-corrected chi connectivity index (χ1v) is 9.24. The minimum absolute atomic E-state index is 0.166. The molecule has 0 aliphatic rings. The maximum atomic E-state index is 12.0. The lowest BCUT2D eigenvalue weighted by Gasteiger charge is -2.04. The summed E-state index contributed by atoms with van der Waals surface area (Å²) in [6.45, 7) is 4.31. The van der Waals surface area contributed by atoms with Gasteiger partial charge in [-0.05, 0) is 38.0 Å². The van der Waals surface area contributed by atoms with Crippen LogP contribution < -0.4 is 5.63 Å². The lowest BCUT2D eigenvalue weighted by Crippen LogP contribution is -2.07. The van der Waals surface area contributed by atoms with Crippen LogP contribution in [-0.4, -0.2) is 0 Å². The van der Waals surface area contributed by atoms with Crippen molar-refractivity contribution in [2.45, 2.75) is 78.1 Å². The van der Waals surface area contributed by atoms with Crippen molar-refractivity contribution in [2.75, 3.05) is 0 Å². The Balaban J connectivity index is 1.74. The van der Waals surface area contributed by atoms with Gasteiger partial charge in [0.25, 0.3) is 0 Å². The van der Waals surface area contributed by atoms with Gasteiger partial charge in [0.2, 0.25) is 0 Å². The molecule has 23 heavy (non-hydrogen) atoms. The highest BCUT2D eigenvalue weighted by Crippen LogP contribution is 2.17. The van der Waals surface area contributed by atoms with Crippen LogP contribution >= 0.6 is 0 Å². The van der Waals surface area contributed by atoms with Crippen LogP contribution in [-0.2, 0) is 6.42 Å². The van der Waals surface area contributed by atoms with E-state index in [2.05, 4.69) is 19.9 Å². The third kappa shape index (κ3) is 5.85. The smallest absolute Gasteiger partial charge is 0.339 e. The molecule has 1 aromatic carbocycles. The van der Waals surface area contributed by atoms with Gasteiger partial charge >= 0.3 is 5.63 Å². The molecule has 1 aromatic heterocycles. The van der Waals surface area contributed by atoms with E-state index in [1.165, 1.54) is 56.9 Å². The molecule has 2 nitrogen and oxygen atoms in total. The number of unbranched alkanes of at least 4 members (excludes halogenated alkanes) is 8. The van der Waals surface area contributed by atoms with Crippen molar-refractivity contribution >= 4 is 11.0 Å². The van der Waals surface area contributed by atoms with E-state index in [1.807, 2.05) is 18.2 Å². The Kier molecular flexibility index (Phi) is 7.38. The molecule has 0 bridgehead atoms. The van der Waals surface area contributed by atoms with E-state index in [9.17, 15) is 4.79 Å². The van der Waals surface area contributed by atoms with E-state index in [0.717, 1.165) is 23.8 Å². The molecule has 2 rings (SSSR count). The SMILES string of the molecule is CCCCCCCCCCCc1cc2cc(C)ccc2oc1=O. The first-order chi connectivity index (χ1) is 11.2. The highest BCUT2D eigenvalue weighted by Gasteiger charge is 2.05. The summed E-state index contributed by atoms with van der Waals surface area (Å²) >= 11 is 0. The number of fused-ring (bicyclic) bond motifs is 1. The van der Waals surface area contributed by atoms with Gasteiger partial charge in [-0.3, -0.25) is 0 Å². The average molecular weight is 314 g/mol. The Bertz CT molecular complexity index is 654. The summed E-state index contributed by atoms with van der Waals surface area (Å²) in [4.78, 5) is 12.0. The number of hydrogen-bond donors (Lipinski definition) is 0. The van der Waals surface area contributed by atoms with E-state index in [-0.39, 0.29) is 5.63 Å². The van der Waals surface area contributed by atoms with Crippen molar-refractivity contribution in [2.24, 2.45) is 0 Å². The summed E-state index contributed by atoms with van der Waals surface area (Å²) in [6, 6.07) is 7.96. The minimum Gasteiger partial charge on any atom is -0.423 e. The summed E-state index contributed by atoms with van der Waals surface area (Å²) in [5, 5.41) is 1.04.